The SMILES string of the molecule is C=C(C)CCC/C(C)=C\C[C@H](O)/C(C)=C/c1csc(C)n1.S. The van der Waals surface area contributed by atoms with Crippen molar-refractivity contribution in [1.29, 1.82) is 0 Å². The van der Waals surface area contributed by atoms with E-state index in [9.17, 15) is 5.11 Å². The minimum atomic E-state index is -0.428. The van der Waals surface area contributed by atoms with Crippen LogP contribution in [0.1, 0.15) is 57.2 Å². The van der Waals surface area contributed by atoms with Gasteiger partial charge in [0, 0.05) is 5.38 Å². The van der Waals surface area contributed by atoms with Crippen LogP contribution in [0.5, 0.6) is 0 Å². The van der Waals surface area contributed by atoms with Crippen molar-refractivity contribution in [1.82, 2.24) is 4.98 Å². The first-order chi connectivity index (χ1) is 9.88. The molecule has 124 valence electrons. The Bertz CT molecular complexity index is 529. The maximum atomic E-state index is 10.2. The first kappa shape index (κ1) is 21.2. The van der Waals surface area contributed by atoms with Gasteiger partial charge in [0.1, 0.15) is 0 Å². The molecule has 0 spiro atoms. The molecule has 0 saturated carbocycles. The lowest BCUT2D eigenvalue weighted by Crippen LogP contribution is -2.06. The van der Waals surface area contributed by atoms with E-state index in [0.29, 0.717) is 6.42 Å². The van der Waals surface area contributed by atoms with Crippen LogP contribution < -0.4 is 0 Å². The maximum absolute atomic E-state index is 10.2. The summed E-state index contributed by atoms with van der Waals surface area (Å²) in [5.41, 5.74) is 4.48. The molecule has 0 aromatic carbocycles. The number of nitrogens with zero attached hydrogens (tertiary/aromatic N) is 1. The smallest absolute Gasteiger partial charge is 0.0901 e. The zero-order chi connectivity index (χ0) is 15.8. The topological polar surface area (TPSA) is 33.1 Å². The molecule has 0 aliphatic carbocycles. The van der Waals surface area contributed by atoms with Crippen molar-refractivity contribution in [2.24, 2.45) is 0 Å². The molecule has 4 heteroatoms. The number of aliphatic hydroxyl groups excluding tert-OH is 1. The second-order valence-corrected chi connectivity index (χ2v) is 6.85. The van der Waals surface area contributed by atoms with E-state index in [1.54, 1.807) is 11.3 Å². The van der Waals surface area contributed by atoms with Gasteiger partial charge in [-0.3, -0.25) is 0 Å². The van der Waals surface area contributed by atoms with E-state index in [2.05, 4.69) is 31.5 Å². The zero-order valence-corrected chi connectivity index (χ0v) is 16.0. The predicted octanol–water partition coefficient (Wildman–Crippen LogP) is 5.41. The average molecular weight is 340 g/mol. The largest absolute Gasteiger partial charge is 0.388 e. The van der Waals surface area contributed by atoms with Gasteiger partial charge >= 0.3 is 0 Å². The Morgan fingerprint density at radius 2 is 2.05 bits per heavy atom. The van der Waals surface area contributed by atoms with E-state index < -0.39 is 6.10 Å². The molecular weight excluding hydrogens is 310 g/mol. The summed E-state index contributed by atoms with van der Waals surface area (Å²) in [5, 5.41) is 13.3. The number of thiazole rings is 1. The van der Waals surface area contributed by atoms with Crippen LogP contribution in [-0.2, 0) is 0 Å². The van der Waals surface area contributed by atoms with Crippen LogP contribution in [0.4, 0.5) is 0 Å². The van der Waals surface area contributed by atoms with Crippen LogP contribution in [0.25, 0.3) is 6.08 Å². The van der Waals surface area contributed by atoms with E-state index in [-0.39, 0.29) is 13.5 Å². The summed E-state index contributed by atoms with van der Waals surface area (Å²) < 4.78 is 0. The van der Waals surface area contributed by atoms with E-state index in [0.717, 1.165) is 35.5 Å². The highest BCUT2D eigenvalue weighted by atomic mass is 32.1. The molecule has 1 N–H and O–H groups in total. The molecule has 0 aliphatic rings. The van der Waals surface area contributed by atoms with E-state index in [4.69, 9.17) is 0 Å². The normalized spacial score (nSPS) is 13.7. The molecule has 0 bridgehead atoms. The Kier molecular flexibility index (Phi) is 10.4. The lowest BCUT2D eigenvalue weighted by atomic mass is 10.0. The Hall–Kier alpha value is -0.840. The molecule has 1 rings (SSSR count). The van der Waals surface area contributed by atoms with Crippen molar-refractivity contribution in [2.75, 3.05) is 0 Å². The van der Waals surface area contributed by atoms with Gasteiger partial charge in [0.15, 0.2) is 0 Å². The third-order valence-corrected chi connectivity index (χ3v) is 4.19. The highest BCUT2D eigenvalue weighted by Gasteiger charge is 2.06. The third-order valence-electron chi connectivity index (χ3n) is 3.40. The summed E-state index contributed by atoms with van der Waals surface area (Å²) in [5.74, 6) is 0. The number of aliphatic hydroxyl groups is 1. The second-order valence-electron chi connectivity index (χ2n) is 5.79. The number of aromatic nitrogens is 1. The van der Waals surface area contributed by atoms with Gasteiger partial charge in [-0.05, 0) is 65.0 Å². The summed E-state index contributed by atoms with van der Waals surface area (Å²) in [4.78, 5) is 4.39. The van der Waals surface area contributed by atoms with Crippen molar-refractivity contribution in [3.63, 3.8) is 0 Å². The summed E-state index contributed by atoms with van der Waals surface area (Å²) >= 11 is 1.63. The zero-order valence-electron chi connectivity index (χ0n) is 14.1. The molecule has 2 nitrogen and oxygen atoms in total. The molecule has 0 unspecified atom stereocenters. The quantitative estimate of drug-likeness (QED) is 0.642. The monoisotopic (exact) mass is 339 g/mol. The Labute approximate surface area is 146 Å². The summed E-state index contributed by atoms with van der Waals surface area (Å²) in [6.07, 6.45) is 7.66. The Morgan fingerprint density at radius 3 is 2.59 bits per heavy atom. The number of hydrogen-bond donors (Lipinski definition) is 1. The molecule has 0 aliphatic heterocycles. The van der Waals surface area contributed by atoms with Gasteiger partial charge in [-0.1, -0.05) is 17.2 Å². The van der Waals surface area contributed by atoms with Crippen molar-refractivity contribution in [2.45, 2.75) is 59.5 Å². The number of rotatable bonds is 8. The van der Waals surface area contributed by atoms with Gasteiger partial charge in [-0.2, -0.15) is 13.5 Å². The van der Waals surface area contributed by atoms with Crippen LogP contribution in [-0.4, -0.2) is 16.2 Å². The lowest BCUT2D eigenvalue weighted by Gasteiger charge is -2.09. The Morgan fingerprint density at radius 1 is 1.36 bits per heavy atom. The van der Waals surface area contributed by atoms with E-state index in [1.165, 1.54) is 11.1 Å². The molecule has 22 heavy (non-hydrogen) atoms. The van der Waals surface area contributed by atoms with Crippen molar-refractivity contribution >= 4 is 30.9 Å². The fourth-order valence-corrected chi connectivity index (χ4v) is 2.62. The molecular formula is C18H29NOS2. The van der Waals surface area contributed by atoms with Gasteiger partial charge in [0.25, 0.3) is 0 Å². The molecule has 1 aromatic rings. The van der Waals surface area contributed by atoms with Gasteiger partial charge in [0.05, 0.1) is 16.8 Å². The van der Waals surface area contributed by atoms with Crippen LogP contribution in [0, 0.1) is 6.92 Å². The summed E-state index contributed by atoms with van der Waals surface area (Å²) in [6, 6.07) is 0. The third kappa shape index (κ3) is 8.57. The minimum Gasteiger partial charge on any atom is -0.388 e. The molecule has 0 fully saturated rings. The molecule has 1 atom stereocenters. The van der Waals surface area contributed by atoms with Crippen molar-refractivity contribution in [3.8, 4) is 0 Å². The first-order valence-corrected chi connectivity index (χ1v) is 8.35. The highest BCUT2D eigenvalue weighted by Crippen LogP contribution is 2.17. The van der Waals surface area contributed by atoms with Gasteiger partial charge in [-0.15, -0.1) is 17.9 Å². The highest BCUT2D eigenvalue weighted by molar-refractivity contribution is 7.59. The standard InChI is InChI=1S/C18H27NOS.H2S/c1-13(2)7-6-8-14(3)9-10-18(20)15(4)11-17-12-21-16(5)19-17;/h9,11-12,18,20H,1,6-8,10H2,2-5H3;1H2/b14-9-,15-11+;/t18-;/m0./s1. The molecule has 0 saturated heterocycles. The molecule has 0 radical (unpaired) electrons. The lowest BCUT2D eigenvalue weighted by molar-refractivity contribution is 0.215. The van der Waals surface area contributed by atoms with Gasteiger partial charge in [-0.25, -0.2) is 4.98 Å². The maximum Gasteiger partial charge on any atom is 0.0901 e. The van der Waals surface area contributed by atoms with E-state index >= 15 is 0 Å². The molecule has 0 amide bonds. The fraction of sp³-hybridized carbons (Fsp3) is 0.500. The molecule has 1 aromatic heterocycles. The van der Waals surface area contributed by atoms with Crippen molar-refractivity contribution in [3.05, 3.63) is 45.5 Å². The van der Waals surface area contributed by atoms with E-state index in [1.807, 2.05) is 25.3 Å². The summed E-state index contributed by atoms with van der Waals surface area (Å²) in [7, 11) is 0. The van der Waals surface area contributed by atoms with Crippen LogP contribution >= 0.6 is 24.8 Å². The van der Waals surface area contributed by atoms with Gasteiger partial charge < -0.3 is 5.11 Å². The molecule has 1 heterocycles. The van der Waals surface area contributed by atoms with Crippen LogP contribution in [0.15, 0.2) is 34.8 Å². The minimum absolute atomic E-state index is 0. The first-order valence-electron chi connectivity index (χ1n) is 7.47. The fourth-order valence-electron chi connectivity index (χ4n) is 2.05. The number of aryl methyl sites for hydroxylation is 1. The number of allylic oxidation sites excluding steroid dienone is 2. The van der Waals surface area contributed by atoms with Gasteiger partial charge in [0.2, 0.25) is 0 Å². The van der Waals surface area contributed by atoms with Crippen LogP contribution in [0.3, 0.4) is 0 Å². The summed E-state index contributed by atoms with van der Waals surface area (Å²) in [6.45, 7) is 12.1. The number of hydrogen-bond acceptors (Lipinski definition) is 3. The van der Waals surface area contributed by atoms with Crippen molar-refractivity contribution < 1.29 is 5.11 Å². The average Bonchev–Trinajstić information content (AvgIpc) is 2.80. The predicted molar refractivity (Wildman–Crippen MR) is 104 cm³/mol. The van der Waals surface area contributed by atoms with Crippen LogP contribution in [0.2, 0.25) is 0 Å². The Balaban J connectivity index is 0.00000441. The second kappa shape index (κ2) is 10.8.